The zero-order valence-electron chi connectivity index (χ0n) is 13.7. The van der Waals surface area contributed by atoms with Gasteiger partial charge in [0.2, 0.25) is 0 Å². The van der Waals surface area contributed by atoms with Gasteiger partial charge in [-0.15, -0.1) is 0 Å². The molecule has 1 aliphatic heterocycles. The Labute approximate surface area is 143 Å². The van der Waals surface area contributed by atoms with Gasteiger partial charge in [0, 0.05) is 12.6 Å². The Morgan fingerprint density at radius 3 is 2.92 bits per heavy atom. The molecular formula is C17H18FN3O4. The zero-order chi connectivity index (χ0) is 17.8. The molecule has 3 rings (SSSR count). The number of aryl methyl sites for hydroxylation is 1. The number of ether oxygens (including phenoxy) is 2. The molecule has 8 heteroatoms. The summed E-state index contributed by atoms with van der Waals surface area (Å²) >= 11 is 0. The van der Waals surface area contributed by atoms with Gasteiger partial charge in [-0.2, -0.15) is 0 Å². The van der Waals surface area contributed by atoms with E-state index in [0.717, 1.165) is 0 Å². The van der Waals surface area contributed by atoms with Crippen molar-refractivity contribution in [2.75, 3.05) is 26.3 Å². The minimum absolute atomic E-state index is 0.153. The molecular weight excluding hydrogens is 329 g/mol. The number of carbonyl (C=O) groups is 1. The molecule has 132 valence electrons. The first-order valence-corrected chi connectivity index (χ1v) is 7.87. The topological polar surface area (TPSA) is 84.5 Å². The van der Waals surface area contributed by atoms with Crippen LogP contribution in [0.3, 0.4) is 0 Å². The van der Waals surface area contributed by atoms with Crippen molar-refractivity contribution >= 4 is 5.91 Å². The SMILES string of the molecule is Cc1nc([C@@H]2CN(C(=O)COc3ccc(F)cc3)CCO2)cc(=O)[nH]1. The summed E-state index contributed by atoms with van der Waals surface area (Å²) < 4.78 is 23.9. The van der Waals surface area contributed by atoms with Gasteiger partial charge in [0.15, 0.2) is 6.61 Å². The van der Waals surface area contributed by atoms with Crippen LogP contribution in [0, 0.1) is 12.7 Å². The van der Waals surface area contributed by atoms with Crippen molar-refractivity contribution in [3.63, 3.8) is 0 Å². The highest BCUT2D eigenvalue weighted by molar-refractivity contribution is 5.77. The van der Waals surface area contributed by atoms with Gasteiger partial charge in [0.25, 0.3) is 11.5 Å². The highest BCUT2D eigenvalue weighted by Gasteiger charge is 2.27. The first-order valence-electron chi connectivity index (χ1n) is 7.87. The first-order chi connectivity index (χ1) is 12.0. The van der Waals surface area contributed by atoms with Gasteiger partial charge in [0.1, 0.15) is 23.5 Å². The molecule has 0 radical (unpaired) electrons. The number of aromatic amines is 1. The van der Waals surface area contributed by atoms with Gasteiger partial charge in [-0.25, -0.2) is 9.37 Å². The third-order valence-electron chi connectivity index (χ3n) is 3.80. The van der Waals surface area contributed by atoms with E-state index in [1.807, 2.05) is 0 Å². The summed E-state index contributed by atoms with van der Waals surface area (Å²) in [6, 6.07) is 6.85. The third-order valence-corrected chi connectivity index (χ3v) is 3.80. The Morgan fingerprint density at radius 1 is 1.44 bits per heavy atom. The van der Waals surface area contributed by atoms with Gasteiger partial charge in [-0.1, -0.05) is 0 Å². The monoisotopic (exact) mass is 347 g/mol. The second kappa shape index (κ2) is 7.43. The van der Waals surface area contributed by atoms with Gasteiger partial charge in [0.05, 0.1) is 18.8 Å². The standard InChI is InChI=1S/C17H18FN3O4/c1-11-19-14(8-16(22)20-11)15-9-21(6-7-24-15)17(23)10-25-13-4-2-12(18)3-5-13/h2-5,8,15H,6-7,9-10H2,1H3,(H,19,20,22)/t15-/m0/s1. The molecule has 2 heterocycles. The lowest BCUT2D eigenvalue weighted by atomic mass is 10.2. The molecule has 1 saturated heterocycles. The molecule has 0 bridgehead atoms. The maximum absolute atomic E-state index is 12.9. The van der Waals surface area contributed by atoms with Crippen molar-refractivity contribution < 1.29 is 18.7 Å². The second-order valence-electron chi connectivity index (χ2n) is 5.70. The minimum atomic E-state index is -0.454. The van der Waals surface area contributed by atoms with E-state index in [-0.39, 0.29) is 23.9 Å². The van der Waals surface area contributed by atoms with E-state index < -0.39 is 6.10 Å². The number of H-pyrrole nitrogens is 1. The van der Waals surface area contributed by atoms with Crippen LogP contribution in [-0.4, -0.2) is 47.1 Å². The van der Waals surface area contributed by atoms with Crippen LogP contribution < -0.4 is 10.3 Å². The van der Waals surface area contributed by atoms with Crippen LogP contribution in [0.15, 0.2) is 35.1 Å². The van der Waals surface area contributed by atoms with E-state index >= 15 is 0 Å². The van der Waals surface area contributed by atoms with Crippen molar-refractivity contribution in [2.45, 2.75) is 13.0 Å². The smallest absolute Gasteiger partial charge is 0.260 e. The molecule has 1 amide bonds. The van der Waals surface area contributed by atoms with Crippen LogP contribution in [0.4, 0.5) is 4.39 Å². The van der Waals surface area contributed by atoms with Gasteiger partial charge in [-0.3, -0.25) is 9.59 Å². The summed E-state index contributed by atoms with van der Waals surface area (Å²) in [6.45, 7) is 2.61. The fraction of sp³-hybridized carbons (Fsp3) is 0.353. The van der Waals surface area contributed by atoms with Gasteiger partial charge < -0.3 is 19.4 Å². The lowest BCUT2D eigenvalue weighted by Crippen LogP contribution is -2.44. The van der Waals surface area contributed by atoms with Crippen molar-refractivity contribution in [3.05, 3.63) is 58.0 Å². The average molecular weight is 347 g/mol. The third kappa shape index (κ3) is 4.42. The molecule has 1 atom stereocenters. The maximum atomic E-state index is 12.9. The number of nitrogens with zero attached hydrogens (tertiary/aromatic N) is 2. The largest absolute Gasteiger partial charge is 0.484 e. The zero-order valence-corrected chi connectivity index (χ0v) is 13.7. The fourth-order valence-corrected chi connectivity index (χ4v) is 2.59. The molecule has 1 aliphatic rings. The lowest BCUT2D eigenvalue weighted by molar-refractivity contribution is -0.141. The molecule has 2 aromatic rings. The van der Waals surface area contributed by atoms with Crippen LogP contribution in [0.5, 0.6) is 5.75 Å². The number of nitrogens with one attached hydrogen (secondary N) is 1. The summed E-state index contributed by atoms with van der Waals surface area (Å²) in [5.74, 6) is 0.343. The number of benzene rings is 1. The first kappa shape index (κ1) is 17.1. The second-order valence-corrected chi connectivity index (χ2v) is 5.70. The predicted molar refractivity (Wildman–Crippen MR) is 86.8 cm³/mol. The number of morpholine rings is 1. The van der Waals surface area contributed by atoms with Crippen molar-refractivity contribution in [1.29, 1.82) is 0 Å². The molecule has 0 unspecified atom stereocenters. The van der Waals surface area contributed by atoms with Gasteiger partial charge in [-0.05, 0) is 31.2 Å². The average Bonchev–Trinajstić information content (AvgIpc) is 2.60. The fourth-order valence-electron chi connectivity index (χ4n) is 2.59. The van der Waals surface area contributed by atoms with Crippen molar-refractivity contribution in [2.24, 2.45) is 0 Å². The molecule has 1 aromatic carbocycles. The molecule has 25 heavy (non-hydrogen) atoms. The number of hydrogen-bond donors (Lipinski definition) is 1. The summed E-state index contributed by atoms with van der Waals surface area (Å²) in [4.78, 5) is 32.4. The molecule has 1 N–H and O–H groups in total. The Bertz CT molecular complexity index is 806. The van der Waals surface area contributed by atoms with E-state index in [0.29, 0.717) is 37.0 Å². The highest BCUT2D eigenvalue weighted by Crippen LogP contribution is 2.20. The normalized spacial score (nSPS) is 17.4. The summed E-state index contributed by atoms with van der Waals surface area (Å²) in [5.41, 5.74) is 0.243. The van der Waals surface area contributed by atoms with Gasteiger partial charge >= 0.3 is 0 Å². The molecule has 1 fully saturated rings. The molecule has 1 aromatic heterocycles. The van der Waals surface area contributed by atoms with E-state index in [2.05, 4.69) is 9.97 Å². The summed E-state index contributed by atoms with van der Waals surface area (Å²) in [7, 11) is 0. The lowest BCUT2D eigenvalue weighted by Gasteiger charge is -2.32. The number of aromatic nitrogens is 2. The number of halogens is 1. The predicted octanol–water partition coefficient (Wildman–Crippen LogP) is 1.20. The Balaban J connectivity index is 1.61. The van der Waals surface area contributed by atoms with E-state index in [1.54, 1.807) is 11.8 Å². The van der Waals surface area contributed by atoms with Crippen molar-refractivity contribution in [3.8, 4) is 5.75 Å². The Morgan fingerprint density at radius 2 is 2.20 bits per heavy atom. The molecule has 0 aliphatic carbocycles. The molecule has 0 spiro atoms. The van der Waals surface area contributed by atoms with Crippen LogP contribution in [-0.2, 0) is 9.53 Å². The molecule has 0 saturated carbocycles. The Hall–Kier alpha value is -2.74. The Kier molecular flexibility index (Phi) is 5.08. The van der Waals surface area contributed by atoms with Crippen LogP contribution >= 0.6 is 0 Å². The van der Waals surface area contributed by atoms with Crippen molar-refractivity contribution in [1.82, 2.24) is 14.9 Å². The van der Waals surface area contributed by atoms with E-state index in [4.69, 9.17) is 9.47 Å². The summed E-state index contributed by atoms with van der Waals surface area (Å²) in [5, 5.41) is 0. The van der Waals surface area contributed by atoms with Crippen LogP contribution in [0.2, 0.25) is 0 Å². The quantitative estimate of drug-likeness (QED) is 0.898. The number of hydrogen-bond acceptors (Lipinski definition) is 5. The van der Waals surface area contributed by atoms with Crippen LogP contribution in [0.1, 0.15) is 17.6 Å². The summed E-state index contributed by atoms with van der Waals surface area (Å²) in [6.07, 6.45) is -0.454. The number of amides is 1. The van der Waals surface area contributed by atoms with E-state index in [9.17, 15) is 14.0 Å². The van der Waals surface area contributed by atoms with E-state index in [1.165, 1.54) is 30.3 Å². The molecule has 7 nitrogen and oxygen atoms in total. The number of rotatable bonds is 4. The maximum Gasteiger partial charge on any atom is 0.260 e. The van der Waals surface area contributed by atoms with Crippen LogP contribution in [0.25, 0.3) is 0 Å². The number of carbonyl (C=O) groups excluding carboxylic acids is 1. The minimum Gasteiger partial charge on any atom is -0.484 e. The highest BCUT2D eigenvalue weighted by atomic mass is 19.1.